The molecule has 2 nitrogen and oxygen atoms in total. The monoisotopic (exact) mass is 303 g/mol. The molecule has 0 fully saturated rings. The highest BCUT2D eigenvalue weighted by atomic mass is 35.5. The Morgan fingerprint density at radius 1 is 0.950 bits per heavy atom. The first-order valence-corrected chi connectivity index (χ1v) is 7.06. The summed E-state index contributed by atoms with van der Waals surface area (Å²) < 4.78 is 5.96. The van der Waals surface area contributed by atoms with Gasteiger partial charge < -0.3 is 4.74 Å². The number of aromatic nitrogens is 1. The third kappa shape index (κ3) is 2.45. The fourth-order valence-corrected chi connectivity index (χ4v) is 2.62. The first-order valence-electron chi connectivity index (χ1n) is 6.14. The number of alkyl halides is 1. The van der Waals surface area contributed by atoms with Crippen molar-refractivity contribution in [3.8, 4) is 11.5 Å². The minimum Gasteiger partial charge on any atom is -0.455 e. The van der Waals surface area contributed by atoms with E-state index in [-0.39, 0.29) is 0 Å². The van der Waals surface area contributed by atoms with Crippen LogP contribution in [-0.2, 0) is 5.88 Å². The van der Waals surface area contributed by atoms with Gasteiger partial charge in [0.05, 0.1) is 5.88 Å². The summed E-state index contributed by atoms with van der Waals surface area (Å²) in [6, 6.07) is 15.2. The van der Waals surface area contributed by atoms with Crippen molar-refractivity contribution in [3.63, 3.8) is 0 Å². The van der Waals surface area contributed by atoms with Crippen LogP contribution in [0.5, 0.6) is 11.5 Å². The molecular formula is C16H11Cl2NO. The third-order valence-corrected chi connectivity index (χ3v) is 3.65. The van der Waals surface area contributed by atoms with Gasteiger partial charge in [0.2, 0.25) is 0 Å². The van der Waals surface area contributed by atoms with Crippen molar-refractivity contribution in [3.05, 3.63) is 65.3 Å². The molecule has 4 heteroatoms. The number of benzene rings is 2. The predicted molar refractivity (Wildman–Crippen MR) is 82.8 cm³/mol. The van der Waals surface area contributed by atoms with Crippen molar-refractivity contribution in [2.24, 2.45) is 0 Å². The molecule has 1 heterocycles. The Hall–Kier alpha value is -1.77. The van der Waals surface area contributed by atoms with Gasteiger partial charge in [0.1, 0.15) is 11.3 Å². The van der Waals surface area contributed by atoms with E-state index in [1.54, 1.807) is 12.3 Å². The van der Waals surface area contributed by atoms with Gasteiger partial charge >= 0.3 is 0 Å². The summed E-state index contributed by atoms with van der Waals surface area (Å²) in [7, 11) is 0. The summed E-state index contributed by atoms with van der Waals surface area (Å²) in [5.74, 6) is 1.65. The van der Waals surface area contributed by atoms with E-state index in [9.17, 15) is 0 Å². The molecule has 0 atom stereocenters. The number of rotatable bonds is 3. The maximum atomic E-state index is 6.13. The summed E-state index contributed by atoms with van der Waals surface area (Å²) in [6.07, 6.45) is 1.75. The molecule has 3 rings (SSSR count). The summed E-state index contributed by atoms with van der Waals surface area (Å²) in [4.78, 5) is 4.36. The molecule has 1 aromatic heterocycles. The molecule has 0 saturated carbocycles. The lowest BCUT2D eigenvalue weighted by Gasteiger charge is -2.12. The minimum absolute atomic E-state index is 0.299. The van der Waals surface area contributed by atoms with Gasteiger partial charge in [0.15, 0.2) is 5.75 Å². The van der Waals surface area contributed by atoms with Crippen LogP contribution in [0.2, 0.25) is 5.02 Å². The zero-order valence-electron chi connectivity index (χ0n) is 10.5. The molecule has 100 valence electrons. The van der Waals surface area contributed by atoms with E-state index in [4.69, 9.17) is 27.9 Å². The average molecular weight is 304 g/mol. The van der Waals surface area contributed by atoms with Gasteiger partial charge in [-0.3, -0.25) is 4.98 Å². The summed E-state index contributed by atoms with van der Waals surface area (Å²) >= 11 is 12.1. The van der Waals surface area contributed by atoms with Crippen LogP contribution in [0.25, 0.3) is 10.9 Å². The van der Waals surface area contributed by atoms with Gasteiger partial charge in [-0.15, -0.1) is 11.6 Å². The fourth-order valence-electron chi connectivity index (χ4n) is 2.04. The predicted octanol–water partition coefficient (Wildman–Crippen LogP) is 5.42. The van der Waals surface area contributed by atoms with Crippen molar-refractivity contribution in [1.29, 1.82) is 0 Å². The molecule has 0 N–H and O–H groups in total. The lowest BCUT2D eigenvalue weighted by atomic mass is 10.2. The van der Waals surface area contributed by atoms with Crippen LogP contribution < -0.4 is 4.74 Å². The first kappa shape index (κ1) is 13.2. The molecular weight excluding hydrogens is 293 g/mol. The van der Waals surface area contributed by atoms with Crippen molar-refractivity contribution < 1.29 is 4.74 Å². The topological polar surface area (TPSA) is 22.1 Å². The second-order valence-corrected chi connectivity index (χ2v) is 4.96. The van der Waals surface area contributed by atoms with Crippen LogP contribution >= 0.6 is 23.2 Å². The zero-order chi connectivity index (χ0) is 13.9. The Kier molecular flexibility index (Phi) is 3.77. The Morgan fingerprint density at radius 3 is 2.55 bits per heavy atom. The van der Waals surface area contributed by atoms with E-state index < -0.39 is 0 Å². The van der Waals surface area contributed by atoms with Crippen molar-refractivity contribution in [2.45, 2.75) is 5.88 Å². The largest absolute Gasteiger partial charge is 0.455 e. The number of ether oxygens (including phenoxy) is 1. The Balaban J connectivity index is 2.08. The van der Waals surface area contributed by atoms with E-state index in [0.29, 0.717) is 22.4 Å². The van der Waals surface area contributed by atoms with Crippen LogP contribution in [0.15, 0.2) is 54.7 Å². The van der Waals surface area contributed by atoms with Crippen LogP contribution in [0.1, 0.15) is 5.56 Å². The maximum Gasteiger partial charge on any atom is 0.153 e. The molecule has 2 aromatic carbocycles. The van der Waals surface area contributed by atoms with Crippen LogP contribution in [0.3, 0.4) is 0 Å². The number of pyridine rings is 1. The van der Waals surface area contributed by atoms with Crippen LogP contribution in [-0.4, -0.2) is 4.98 Å². The standard InChI is InChI=1S/C16H11Cl2NO/c17-10-12-13(18)6-2-7-14(12)20-15-8-1-4-11-5-3-9-19-16(11)15/h1-9H,10H2. The Morgan fingerprint density at radius 2 is 1.70 bits per heavy atom. The SMILES string of the molecule is ClCc1c(Cl)cccc1Oc1cccc2cccnc12. The first-order chi connectivity index (χ1) is 9.79. The number of halogens is 2. The van der Waals surface area contributed by atoms with E-state index in [0.717, 1.165) is 16.5 Å². The molecule has 0 spiro atoms. The second-order valence-electron chi connectivity index (χ2n) is 4.28. The van der Waals surface area contributed by atoms with E-state index in [2.05, 4.69) is 4.98 Å². The van der Waals surface area contributed by atoms with Crippen LogP contribution in [0, 0.1) is 0 Å². The van der Waals surface area contributed by atoms with E-state index >= 15 is 0 Å². The van der Waals surface area contributed by atoms with Crippen molar-refractivity contribution in [1.82, 2.24) is 4.98 Å². The lowest BCUT2D eigenvalue weighted by molar-refractivity contribution is 0.483. The highest BCUT2D eigenvalue weighted by molar-refractivity contribution is 6.32. The highest BCUT2D eigenvalue weighted by Gasteiger charge is 2.10. The lowest BCUT2D eigenvalue weighted by Crippen LogP contribution is -1.92. The van der Waals surface area contributed by atoms with Gasteiger partial charge in [-0.05, 0) is 24.3 Å². The summed E-state index contributed by atoms with van der Waals surface area (Å²) in [5, 5.41) is 1.63. The molecule has 20 heavy (non-hydrogen) atoms. The molecule has 3 aromatic rings. The molecule has 0 aliphatic carbocycles. The highest BCUT2D eigenvalue weighted by Crippen LogP contribution is 2.34. The zero-order valence-corrected chi connectivity index (χ0v) is 12.0. The third-order valence-electron chi connectivity index (χ3n) is 3.03. The second kappa shape index (κ2) is 5.70. The smallest absolute Gasteiger partial charge is 0.153 e. The van der Waals surface area contributed by atoms with Gasteiger partial charge in [-0.25, -0.2) is 0 Å². The van der Waals surface area contributed by atoms with Crippen molar-refractivity contribution in [2.75, 3.05) is 0 Å². The maximum absolute atomic E-state index is 6.13. The number of nitrogens with zero attached hydrogens (tertiary/aromatic N) is 1. The average Bonchev–Trinajstić information content (AvgIpc) is 2.48. The molecule has 0 aliphatic rings. The van der Waals surface area contributed by atoms with E-state index in [1.165, 1.54) is 0 Å². The molecule has 0 saturated heterocycles. The summed E-state index contributed by atoms with van der Waals surface area (Å²) in [6.45, 7) is 0. The molecule has 0 unspecified atom stereocenters. The molecule has 0 amide bonds. The molecule has 0 radical (unpaired) electrons. The van der Waals surface area contributed by atoms with Gasteiger partial charge in [0.25, 0.3) is 0 Å². The van der Waals surface area contributed by atoms with Crippen molar-refractivity contribution >= 4 is 34.1 Å². The van der Waals surface area contributed by atoms with Gasteiger partial charge in [-0.1, -0.05) is 35.9 Å². The number of fused-ring (bicyclic) bond motifs is 1. The Labute approximate surface area is 126 Å². The minimum atomic E-state index is 0.299. The van der Waals surface area contributed by atoms with Gasteiger partial charge in [0, 0.05) is 22.2 Å². The summed E-state index contributed by atoms with van der Waals surface area (Å²) in [5.41, 5.74) is 1.60. The molecule has 0 aliphatic heterocycles. The van der Waals surface area contributed by atoms with E-state index in [1.807, 2.05) is 42.5 Å². The normalized spacial score (nSPS) is 10.7. The number of para-hydroxylation sites is 1. The van der Waals surface area contributed by atoms with Crippen LogP contribution in [0.4, 0.5) is 0 Å². The fraction of sp³-hybridized carbons (Fsp3) is 0.0625. The van der Waals surface area contributed by atoms with Gasteiger partial charge in [-0.2, -0.15) is 0 Å². The quantitative estimate of drug-likeness (QED) is 0.603. The number of hydrogen-bond acceptors (Lipinski definition) is 2. The molecule has 0 bridgehead atoms. The Bertz CT molecular complexity index is 753. The number of hydrogen-bond donors (Lipinski definition) is 0.